The van der Waals surface area contributed by atoms with E-state index < -0.39 is 0 Å². The van der Waals surface area contributed by atoms with Crippen molar-refractivity contribution in [3.8, 4) is 0 Å². The zero-order valence-corrected chi connectivity index (χ0v) is 12.0. The number of urea groups is 1. The fraction of sp³-hybridized carbons (Fsp3) is 0.467. The maximum absolute atomic E-state index is 11.7. The second-order valence-corrected chi connectivity index (χ2v) is 5.46. The van der Waals surface area contributed by atoms with Crippen LogP contribution in [0.4, 0.5) is 10.5 Å². The number of nitrogens with one attached hydrogen (secondary N) is 2. The molecule has 0 aliphatic rings. The second-order valence-electron chi connectivity index (χ2n) is 5.46. The van der Waals surface area contributed by atoms with Gasteiger partial charge in [-0.2, -0.15) is 0 Å². The van der Waals surface area contributed by atoms with E-state index in [1.165, 1.54) is 6.92 Å². The van der Waals surface area contributed by atoms with Crippen molar-refractivity contribution in [1.82, 2.24) is 5.32 Å². The van der Waals surface area contributed by atoms with Crippen LogP contribution in [0.3, 0.4) is 0 Å². The lowest BCUT2D eigenvalue weighted by Crippen LogP contribution is -2.36. The fourth-order valence-electron chi connectivity index (χ4n) is 1.41. The highest BCUT2D eigenvalue weighted by atomic mass is 16.2. The third kappa shape index (κ3) is 5.12. The van der Waals surface area contributed by atoms with E-state index in [1.54, 1.807) is 24.3 Å². The third-order valence-corrected chi connectivity index (χ3v) is 3.23. The van der Waals surface area contributed by atoms with Crippen molar-refractivity contribution in [3.05, 3.63) is 29.8 Å². The quantitative estimate of drug-likeness (QED) is 0.798. The van der Waals surface area contributed by atoms with Gasteiger partial charge in [-0.1, -0.05) is 20.8 Å². The van der Waals surface area contributed by atoms with Crippen LogP contribution in [0.25, 0.3) is 0 Å². The lowest BCUT2D eigenvalue weighted by atomic mass is 9.90. The summed E-state index contributed by atoms with van der Waals surface area (Å²) in [5, 5.41) is 5.59. The minimum atomic E-state index is -0.225. The molecule has 1 rings (SSSR count). The summed E-state index contributed by atoms with van der Waals surface area (Å²) in [7, 11) is 0. The van der Waals surface area contributed by atoms with Crippen molar-refractivity contribution < 1.29 is 9.59 Å². The Morgan fingerprint density at radius 3 is 2.21 bits per heavy atom. The first-order valence-corrected chi connectivity index (χ1v) is 6.50. The normalized spacial score (nSPS) is 10.9. The van der Waals surface area contributed by atoms with Gasteiger partial charge in [0.25, 0.3) is 0 Å². The Morgan fingerprint density at radius 1 is 1.16 bits per heavy atom. The first-order chi connectivity index (χ1) is 8.84. The Morgan fingerprint density at radius 2 is 1.74 bits per heavy atom. The molecule has 19 heavy (non-hydrogen) atoms. The number of benzene rings is 1. The lowest BCUT2D eigenvalue weighted by molar-refractivity contribution is 0.101. The largest absolute Gasteiger partial charge is 0.337 e. The lowest BCUT2D eigenvalue weighted by Gasteiger charge is -2.22. The highest BCUT2D eigenvalue weighted by Crippen LogP contribution is 2.17. The van der Waals surface area contributed by atoms with Crippen molar-refractivity contribution in [1.29, 1.82) is 0 Å². The monoisotopic (exact) mass is 262 g/mol. The van der Waals surface area contributed by atoms with Gasteiger partial charge in [0.05, 0.1) is 0 Å². The number of amides is 2. The summed E-state index contributed by atoms with van der Waals surface area (Å²) in [6.07, 6.45) is 1.00. The van der Waals surface area contributed by atoms with Gasteiger partial charge in [-0.05, 0) is 43.0 Å². The van der Waals surface area contributed by atoms with E-state index in [0.29, 0.717) is 17.8 Å². The Labute approximate surface area is 114 Å². The van der Waals surface area contributed by atoms with Crippen LogP contribution in [-0.2, 0) is 0 Å². The van der Waals surface area contributed by atoms with Crippen LogP contribution in [-0.4, -0.2) is 18.4 Å². The summed E-state index contributed by atoms with van der Waals surface area (Å²) < 4.78 is 0. The minimum Gasteiger partial charge on any atom is -0.337 e. The van der Waals surface area contributed by atoms with E-state index >= 15 is 0 Å². The van der Waals surface area contributed by atoms with E-state index in [0.717, 1.165) is 6.42 Å². The van der Waals surface area contributed by atoms with Crippen molar-refractivity contribution in [2.24, 2.45) is 5.41 Å². The molecule has 0 atom stereocenters. The second kappa shape index (κ2) is 6.36. The van der Waals surface area contributed by atoms with Gasteiger partial charge in [0.2, 0.25) is 0 Å². The van der Waals surface area contributed by atoms with E-state index in [4.69, 9.17) is 0 Å². The van der Waals surface area contributed by atoms with Crippen LogP contribution >= 0.6 is 0 Å². The van der Waals surface area contributed by atoms with Crippen molar-refractivity contribution in [3.63, 3.8) is 0 Å². The van der Waals surface area contributed by atoms with Gasteiger partial charge in [0, 0.05) is 17.8 Å². The molecular weight excluding hydrogens is 240 g/mol. The van der Waals surface area contributed by atoms with Crippen LogP contribution in [0.15, 0.2) is 24.3 Å². The van der Waals surface area contributed by atoms with Crippen LogP contribution in [0.5, 0.6) is 0 Å². The van der Waals surface area contributed by atoms with Crippen molar-refractivity contribution in [2.75, 3.05) is 11.9 Å². The van der Waals surface area contributed by atoms with Gasteiger partial charge >= 0.3 is 6.03 Å². The number of Topliss-reactive ketones (excluding diaryl/α,β-unsaturated/α-hetero) is 1. The Hall–Kier alpha value is -1.84. The summed E-state index contributed by atoms with van der Waals surface area (Å²) in [6, 6.07) is 6.63. The van der Waals surface area contributed by atoms with E-state index in [-0.39, 0.29) is 17.2 Å². The molecular formula is C15H22N2O2. The van der Waals surface area contributed by atoms with Crippen LogP contribution in [0, 0.1) is 5.41 Å². The molecule has 1 aromatic rings. The molecule has 0 heterocycles. The molecule has 0 saturated heterocycles. The number of carbonyl (C=O) groups excluding carboxylic acids is 2. The number of hydrogen-bond donors (Lipinski definition) is 2. The van der Waals surface area contributed by atoms with E-state index in [2.05, 4.69) is 31.4 Å². The van der Waals surface area contributed by atoms with E-state index in [1.807, 2.05) is 0 Å². The predicted molar refractivity (Wildman–Crippen MR) is 77.5 cm³/mol. The van der Waals surface area contributed by atoms with Crippen LogP contribution in [0.1, 0.15) is 44.5 Å². The average Bonchev–Trinajstić information content (AvgIpc) is 2.37. The number of ketones is 1. The number of rotatable bonds is 5. The van der Waals surface area contributed by atoms with Gasteiger partial charge < -0.3 is 10.6 Å². The Kier molecular flexibility index (Phi) is 5.10. The molecule has 2 amide bonds. The Balaban J connectivity index is 2.51. The van der Waals surface area contributed by atoms with Gasteiger partial charge in [0.15, 0.2) is 5.78 Å². The number of carbonyl (C=O) groups is 2. The standard InChI is InChI=1S/C15H22N2O2/c1-5-15(3,4)10-16-14(19)17-13-8-6-12(7-9-13)11(2)18/h6-9H,5,10H2,1-4H3,(H2,16,17,19). The maximum atomic E-state index is 11.7. The van der Waals surface area contributed by atoms with Crippen LogP contribution < -0.4 is 10.6 Å². The van der Waals surface area contributed by atoms with Gasteiger partial charge in [-0.3, -0.25) is 4.79 Å². The summed E-state index contributed by atoms with van der Waals surface area (Å²) in [5.41, 5.74) is 1.41. The SMILES string of the molecule is CCC(C)(C)CNC(=O)Nc1ccc(C(C)=O)cc1. The zero-order valence-electron chi connectivity index (χ0n) is 12.0. The van der Waals surface area contributed by atoms with Gasteiger partial charge in [-0.15, -0.1) is 0 Å². The molecule has 0 spiro atoms. The third-order valence-electron chi connectivity index (χ3n) is 3.23. The van der Waals surface area contributed by atoms with Gasteiger partial charge in [-0.25, -0.2) is 4.79 Å². The molecule has 0 fully saturated rings. The molecule has 0 aliphatic carbocycles. The molecule has 4 nitrogen and oxygen atoms in total. The van der Waals surface area contributed by atoms with E-state index in [9.17, 15) is 9.59 Å². The first-order valence-electron chi connectivity index (χ1n) is 6.50. The molecule has 4 heteroatoms. The molecule has 1 aromatic carbocycles. The summed E-state index contributed by atoms with van der Waals surface area (Å²) in [5.74, 6) is 0.0145. The van der Waals surface area contributed by atoms with Gasteiger partial charge in [0.1, 0.15) is 0 Å². The maximum Gasteiger partial charge on any atom is 0.319 e. The average molecular weight is 262 g/mol. The highest BCUT2D eigenvalue weighted by Gasteiger charge is 2.15. The van der Waals surface area contributed by atoms with Crippen molar-refractivity contribution in [2.45, 2.75) is 34.1 Å². The molecule has 0 aromatic heterocycles. The fourth-order valence-corrected chi connectivity index (χ4v) is 1.41. The number of hydrogen-bond acceptors (Lipinski definition) is 2. The first kappa shape index (κ1) is 15.2. The summed E-state index contributed by atoms with van der Waals surface area (Å²) in [6.45, 7) is 8.45. The van der Waals surface area contributed by atoms with Crippen molar-refractivity contribution >= 4 is 17.5 Å². The molecule has 0 aliphatic heterocycles. The highest BCUT2D eigenvalue weighted by molar-refractivity contribution is 5.95. The number of anilines is 1. The summed E-state index contributed by atoms with van der Waals surface area (Å²) in [4.78, 5) is 22.8. The Bertz CT molecular complexity index is 450. The summed E-state index contributed by atoms with van der Waals surface area (Å²) >= 11 is 0. The van der Waals surface area contributed by atoms with Crippen LogP contribution in [0.2, 0.25) is 0 Å². The smallest absolute Gasteiger partial charge is 0.319 e. The molecule has 0 bridgehead atoms. The zero-order chi connectivity index (χ0) is 14.5. The predicted octanol–water partition coefficient (Wildman–Crippen LogP) is 3.45. The topological polar surface area (TPSA) is 58.2 Å². The molecule has 2 N–H and O–H groups in total. The molecule has 104 valence electrons. The molecule has 0 unspecified atom stereocenters. The molecule has 0 saturated carbocycles. The molecule has 0 radical (unpaired) electrons. The minimum absolute atomic E-state index is 0.0145.